The van der Waals surface area contributed by atoms with Crippen molar-refractivity contribution < 1.29 is 24.2 Å². The maximum Gasteiger partial charge on any atom is 0.332 e. The normalized spacial score (nSPS) is 22.1. The van der Waals surface area contributed by atoms with Crippen LogP contribution in [-0.4, -0.2) is 69.7 Å². The van der Waals surface area contributed by atoms with Crippen LogP contribution in [-0.2, 0) is 25.5 Å². The highest BCUT2D eigenvalue weighted by atomic mass is 33.1. The van der Waals surface area contributed by atoms with Gasteiger partial charge in [-0.05, 0) is 31.2 Å². The van der Waals surface area contributed by atoms with E-state index in [1.165, 1.54) is 11.0 Å². The van der Waals surface area contributed by atoms with Crippen LogP contribution in [0.25, 0.3) is 0 Å². The molecule has 2 heterocycles. The Kier molecular flexibility index (Phi) is 10.4. The maximum absolute atomic E-state index is 12.6. The molecule has 2 aliphatic heterocycles. The van der Waals surface area contributed by atoms with Crippen molar-refractivity contribution >= 4 is 39.9 Å². The number of carbonyl (C=O) groups is 3. The minimum absolute atomic E-state index is 0.156. The van der Waals surface area contributed by atoms with Gasteiger partial charge >= 0.3 is 11.9 Å². The number of nitrogens with zero attached hydrogens (tertiary/aromatic N) is 2. The molecule has 0 spiro atoms. The van der Waals surface area contributed by atoms with Gasteiger partial charge in [0.2, 0.25) is 6.41 Å². The lowest BCUT2D eigenvalue weighted by Gasteiger charge is -2.36. The molecule has 178 valence electrons. The molecule has 2 saturated heterocycles. The number of esters is 1. The number of benzene rings is 1. The lowest BCUT2D eigenvalue weighted by atomic mass is 10.1. The van der Waals surface area contributed by atoms with Gasteiger partial charge in [-0.1, -0.05) is 70.1 Å². The van der Waals surface area contributed by atoms with Crippen molar-refractivity contribution in [2.75, 3.05) is 18.8 Å². The molecule has 3 unspecified atom stereocenters. The van der Waals surface area contributed by atoms with Crippen LogP contribution in [0.4, 0.5) is 0 Å². The molecule has 1 aromatic rings. The summed E-state index contributed by atoms with van der Waals surface area (Å²) >= 11 is 0. The van der Waals surface area contributed by atoms with E-state index < -0.39 is 24.3 Å². The Labute approximate surface area is 202 Å². The van der Waals surface area contributed by atoms with Gasteiger partial charge in [-0.25, -0.2) is 4.79 Å². The molecule has 0 aliphatic carbocycles. The highest BCUT2D eigenvalue weighted by Gasteiger charge is 2.35. The van der Waals surface area contributed by atoms with Gasteiger partial charge in [-0.3, -0.25) is 19.4 Å². The van der Waals surface area contributed by atoms with Gasteiger partial charge in [-0.2, -0.15) is 0 Å². The highest BCUT2D eigenvalue weighted by Crippen LogP contribution is 2.38. The van der Waals surface area contributed by atoms with Crippen molar-refractivity contribution in [2.45, 2.75) is 49.7 Å². The second kappa shape index (κ2) is 13.5. The number of hydrogen-bond acceptors (Lipinski definition) is 7. The lowest BCUT2D eigenvalue weighted by Crippen LogP contribution is -2.51. The zero-order valence-electron chi connectivity index (χ0n) is 18.5. The number of amides is 1. The third-order valence-corrected chi connectivity index (χ3v) is 8.42. The molecule has 3 atom stereocenters. The SMILES string of the molecule is O=CN(C(CCc1ccccc1)OC(=O)/C=C/C=C/C1CCSS1)C1CCCN1CC(=O)O. The number of carbonyl (C=O) groups excluding carboxylic acids is 2. The minimum atomic E-state index is -0.945. The standard InChI is InChI=1S/C24H30N2O5S2/c27-18-26(21-10-6-15-25(21)17-23(28)29)22(13-12-19-7-2-1-3-8-19)31-24(30)11-5-4-9-20-14-16-32-33-20/h1-5,7-9,11,18,20-22H,6,10,12-17H2,(H,28,29)/b9-4+,11-5+. The van der Waals surface area contributed by atoms with Crippen LogP contribution in [0.15, 0.2) is 54.6 Å². The fraction of sp³-hybridized carbons (Fsp3) is 0.458. The average molecular weight is 491 g/mol. The highest BCUT2D eigenvalue weighted by molar-refractivity contribution is 8.77. The molecule has 33 heavy (non-hydrogen) atoms. The number of carboxylic acids is 1. The van der Waals surface area contributed by atoms with E-state index >= 15 is 0 Å². The Morgan fingerprint density at radius 3 is 2.76 bits per heavy atom. The summed E-state index contributed by atoms with van der Waals surface area (Å²) in [5.41, 5.74) is 1.07. The molecule has 0 radical (unpaired) electrons. The van der Waals surface area contributed by atoms with Gasteiger partial charge in [0.15, 0.2) is 6.23 Å². The van der Waals surface area contributed by atoms with Gasteiger partial charge in [-0.15, -0.1) is 0 Å². The van der Waals surface area contributed by atoms with E-state index in [-0.39, 0.29) is 6.54 Å². The second-order valence-electron chi connectivity index (χ2n) is 7.94. The van der Waals surface area contributed by atoms with Crippen molar-refractivity contribution in [3.63, 3.8) is 0 Å². The summed E-state index contributed by atoms with van der Waals surface area (Å²) in [5.74, 6) is -0.337. The summed E-state index contributed by atoms with van der Waals surface area (Å²) in [6.07, 6.45) is 10.0. The van der Waals surface area contributed by atoms with Crippen molar-refractivity contribution in [1.82, 2.24) is 9.80 Å². The van der Waals surface area contributed by atoms with Crippen LogP contribution in [0.3, 0.4) is 0 Å². The van der Waals surface area contributed by atoms with E-state index in [1.807, 2.05) is 58.0 Å². The number of hydrogen-bond donors (Lipinski definition) is 1. The van der Waals surface area contributed by atoms with E-state index in [0.717, 1.165) is 24.2 Å². The molecule has 0 aromatic heterocycles. The number of carboxylic acid groups (broad SMARTS) is 1. The molecule has 3 rings (SSSR count). The maximum atomic E-state index is 12.6. The zero-order chi connectivity index (χ0) is 23.5. The number of ether oxygens (including phenoxy) is 1. The van der Waals surface area contributed by atoms with Crippen LogP contribution in [0, 0.1) is 0 Å². The first-order chi connectivity index (χ1) is 16.1. The van der Waals surface area contributed by atoms with Gasteiger partial charge in [0.25, 0.3) is 0 Å². The van der Waals surface area contributed by atoms with Crippen LogP contribution in [0.2, 0.25) is 0 Å². The Hall–Kier alpha value is -2.23. The summed E-state index contributed by atoms with van der Waals surface area (Å²) in [6, 6.07) is 9.79. The Balaban J connectivity index is 1.67. The molecule has 0 bridgehead atoms. The smallest absolute Gasteiger partial charge is 0.332 e. The molecule has 2 fully saturated rings. The van der Waals surface area contributed by atoms with Crippen LogP contribution in [0.5, 0.6) is 0 Å². The number of aryl methyl sites for hydroxylation is 1. The largest absolute Gasteiger partial charge is 0.480 e. The van der Waals surface area contributed by atoms with Gasteiger partial charge in [0, 0.05) is 30.0 Å². The predicted octanol–water partition coefficient (Wildman–Crippen LogP) is 3.72. The Morgan fingerprint density at radius 2 is 2.06 bits per heavy atom. The molecular weight excluding hydrogens is 460 g/mol. The number of rotatable bonds is 12. The molecule has 1 aromatic carbocycles. The molecule has 2 aliphatic rings. The average Bonchev–Trinajstić information content (AvgIpc) is 3.48. The van der Waals surface area contributed by atoms with Crippen molar-refractivity contribution in [3.05, 3.63) is 60.2 Å². The van der Waals surface area contributed by atoms with Gasteiger partial charge in [0.05, 0.1) is 12.7 Å². The quantitative estimate of drug-likeness (QED) is 0.118. The van der Waals surface area contributed by atoms with E-state index in [0.29, 0.717) is 37.5 Å². The van der Waals surface area contributed by atoms with E-state index in [9.17, 15) is 19.5 Å². The predicted molar refractivity (Wildman–Crippen MR) is 132 cm³/mol. The summed E-state index contributed by atoms with van der Waals surface area (Å²) in [5, 5.41) is 9.69. The van der Waals surface area contributed by atoms with Crippen molar-refractivity contribution in [2.24, 2.45) is 0 Å². The molecule has 1 amide bonds. The topological polar surface area (TPSA) is 87.2 Å². The van der Waals surface area contributed by atoms with E-state index in [1.54, 1.807) is 11.0 Å². The first kappa shape index (κ1) is 25.4. The van der Waals surface area contributed by atoms with Crippen LogP contribution >= 0.6 is 21.6 Å². The van der Waals surface area contributed by atoms with Crippen molar-refractivity contribution in [1.29, 1.82) is 0 Å². The number of allylic oxidation sites excluding steroid dienone is 2. The van der Waals surface area contributed by atoms with Gasteiger partial charge < -0.3 is 9.84 Å². The molecular formula is C24H30N2O5S2. The summed E-state index contributed by atoms with van der Waals surface area (Å²) in [7, 11) is 3.68. The van der Waals surface area contributed by atoms with E-state index in [4.69, 9.17) is 4.74 Å². The monoisotopic (exact) mass is 490 g/mol. The summed E-state index contributed by atoms with van der Waals surface area (Å²) in [6.45, 7) is 0.430. The second-order valence-corrected chi connectivity index (χ2v) is 10.7. The van der Waals surface area contributed by atoms with Crippen molar-refractivity contribution in [3.8, 4) is 0 Å². The lowest BCUT2D eigenvalue weighted by molar-refractivity contribution is -0.165. The zero-order valence-corrected chi connectivity index (χ0v) is 20.1. The Morgan fingerprint density at radius 1 is 1.24 bits per heavy atom. The number of likely N-dealkylation sites (tertiary alicyclic amines) is 1. The minimum Gasteiger partial charge on any atom is -0.480 e. The Bertz CT molecular complexity index is 843. The molecule has 0 saturated carbocycles. The fourth-order valence-corrected chi connectivity index (χ4v) is 6.73. The third kappa shape index (κ3) is 8.24. The first-order valence-corrected chi connectivity index (χ1v) is 13.5. The number of aliphatic carboxylic acids is 1. The van der Waals surface area contributed by atoms with Gasteiger partial charge in [0.1, 0.15) is 0 Å². The van der Waals surface area contributed by atoms with Crippen LogP contribution < -0.4 is 0 Å². The van der Waals surface area contributed by atoms with Crippen LogP contribution in [0.1, 0.15) is 31.2 Å². The summed E-state index contributed by atoms with van der Waals surface area (Å²) in [4.78, 5) is 39.1. The molecule has 1 N–H and O–H groups in total. The summed E-state index contributed by atoms with van der Waals surface area (Å²) < 4.78 is 5.71. The molecule has 9 heteroatoms. The van der Waals surface area contributed by atoms with E-state index in [2.05, 4.69) is 6.08 Å². The first-order valence-electron chi connectivity index (χ1n) is 11.1. The fourth-order valence-electron chi connectivity index (χ4n) is 4.01. The molecule has 7 nitrogen and oxygen atoms in total. The third-order valence-electron chi connectivity index (χ3n) is 5.59.